The van der Waals surface area contributed by atoms with E-state index in [1.165, 1.54) is 29.3 Å². The summed E-state index contributed by atoms with van der Waals surface area (Å²) in [5, 5.41) is 2.87. The van der Waals surface area contributed by atoms with Gasteiger partial charge >= 0.3 is 12.3 Å². The molecular formula is C18H17F2N3O5. The second-order valence-electron chi connectivity index (χ2n) is 6.95. The Balaban J connectivity index is 1.53. The van der Waals surface area contributed by atoms with Crippen LogP contribution in [0.3, 0.4) is 0 Å². The lowest BCUT2D eigenvalue weighted by Crippen LogP contribution is -2.48. The van der Waals surface area contributed by atoms with E-state index in [4.69, 9.17) is 9.47 Å². The maximum atomic E-state index is 13.1. The standard InChI is InChI=1S/C18H17F2N3O5/c1-17(2)9-25-10-23(16(24)22-17)11-5-6-21-15(7-11)26-12-3-4-13-14(8-12)28-18(19,20)27-13/h3-8H,9-10H2,1-2H3,(H,22,24). The highest BCUT2D eigenvalue weighted by molar-refractivity contribution is 5.92. The number of carbonyl (C=O) groups excluding carboxylic acids is 1. The first-order valence-electron chi connectivity index (χ1n) is 8.42. The second-order valence-corrected chi connectivity index (χ2v) is 6.95. The number of halogens is 2. The minimum atomic E-state index is -3.70. The van der Waals surface area contributed by atoms with Gasteiger partial charge < -0.3 is 24.3 Å². The van der Waals surface area contributed by atoms with Crippen LogP contribution < -0.4 is 24.4 Å². The number of rotatable bonds is 3. The number of amides is 2. The highest BCUT2D eigenvalue weighted by Crippen LogP contribution is 2.43. The predicted octanol–water partition coefficient (Wildman–Crippen LogP) is 3.48. The summed E-state index contributed by atoms with van der Waals surface area (Å²) in [7, 11) is 0. The number of benzene rings is 1. The Labute approximate surface area is 159 Å². The molecule has 1 aromatic carbocycles. The summed E-state index contributed by atoms with van der Waals surface area (Å²) in [4.78, 5) is 18.0. The molecule has 1 fully saturated rings. The van der Waals surface area contributed by atoms with Crippen molar-refractivity contribution in [2.75, 3.05) is 18.2 Å². The lowest BCUT2D eigenvalue weighted by molar-refractivity contribution is -0.286. The van der Waals surface area contributed by atoms with Crippen molar-refractivity contribution in [3.63, 3.8) is 0 Å². The number of ether oxygens (including phenoxy) is 4. The van der Waals surface area contributed by atoms with Crippen LogP contribution in [0.1, 0.15) is 13.8 Å². The minimum Gasteiger partial charge on any atom is -0.439 e. The zero-order valence-corrected chi connectivity index (χ0v) is 15.1. The number of nitrogens with one attached hydrogen (secondary N) is 1. The second kappa shape index (κ2) is 6.48. The van der Waals surface area contributed by atoms with Gasteiger partial charge in [-0.25, -0.2) is 9.78 Å². The number of fused-ring (bicyclic) bond motifs is 1. The van der Waals surface area contributed by atoms with Crippen molar-refractivity contribution in [1.29, 1.82) is 0 Å². The molecule has 8 nitrogen and oxygen atoms in total. The number of hydrogen-bond acceptors (Lipinski definition) is 6. The molecule has 0 unspecified atom stereocenters. The van der Waals surface area contributed by atoms with Crippen molar-refractivity contribution in [1.82, 2.24) is 10.3 Å². The molecule has 0 bridgehead atoms. The van der Waals surface area contributed by atoms with Crippen molar-refractivity contribution >= 4 is 11.7 Å². The predicted molar refractivity (Wildman–Crippen MR) is 92.9 cm³/mol. The first kappa shape index (κ1) is 18.2. The fourth-order valence-corrected chi connectivity index (χ4v) is 2.77. The third-order valence-corrected chi connectivity index (χ3v) is 4.00. The Morgan fingerprint density at radius 1 is 1.18 bits per heavy atom. The molecule has 0 spiro atoms. The molecule has 10 heteroatoms. The smallest absolute Gasteiger partial charge is 0.439 e. The lowest BCUT2D eigenvalue weighted by Gasteiger charge is -2.24. The number of aromatic nitrogens is 1. The van der Waals surface area contributed by atoms with Gasteiger partial charge in [0.2, 0.25) is 5.88 Å². The van der Waals surface area contributed by atoms with E-state index in [9.17, 15) is 13.6 Å². The van der Waals surface area contributed by atoms with Gasteiger partial charge in [0.1, 0.15) is 12.5 Å². The third-order valence-electron chi connectivity index (χ3n) is 4.00. The molecule has 1 N–H and O–H groups in total. The van der Waals surface area contributed by atoms with Gasteiger partial charge in [0.05, 0.1) is 17.8 Å². The van der Waals surface area contributed by atoms with E-state index < -0.39 is 11.8 Å². The van der Waals surface area contributed by atoms with Gasteiger partial charge in [0.25, 0.3) is 0 Å². The van der Waals surface area contributed by atoms with Gasteiger partial charge in [-0.2, -0.15) is 0 Å². The average Bonchev–Trinajstić information content (AvgIpc) is 2.83. The minimum absolute atomic E-state index is 0.0673. The van der Waals surface area contributed by atoms with Gasteiger partial charge in [0, 0.05) is 18.3 Å². The van der Waals surface area contributed by atoms with Crippen LogP contribution in [-0.2, 0) is 4.74 Å². The van der Waals surface area contributed by atoms with E-state index >= 15 is 0 Å². The largest absolute Gasteiger partial charge is 0.586 e. The molecule has 0 atom stereocenters. The molecule has 148 valence electrons. The van der Waals surface area contributed by atoms with Gasteiger partial charge in [0.15, 0.2) is 11.5 Å². The zero-order valence-electron chi connectivity index (χ0n) is 15.1. The van der Waals surface area contributed by atoms with Crippen molar-refractivity contribution in [3.8, 4) is 23.1 Å². The van der Waals surface area contributed by atoms with Crippen molar-refractivity contribution in [2.45, 2.75) is 25.7 Å². The Hall–Kier alpha value is -3.14. The maximum absolute atomic E-state index is 13.1. The van der Waals surface area contributed by atoms with Gasteiger partial charge in [-0.15, -0.1) is 8.78 Å². The molecule has 2 aromatic rings. The highest BCUT2D eigenvalue weighted by atomic mass is 19.3. The Morgan fingerprint density at radius 2 is 1.96 bits per heavy atom. The molecule has 0 saturated carbocycles. The first-order valence-corrected chi connectivity index (χ1v) is 8.42. The Morgan fingerprint density at radius 3 is 2.79 bits per heavy atom. The summed E-state index contributed by atoms with van der Waals surface area (Å²) in [6.07, 6.45) is -2.23. The van der Waals surface area contributed by atoms with Crippen molar-refractivity contribution < 1.29 is 32.5 Å². The molecule has 0 radical (unpaired) electrons. The monoisotopic (exact) mass is 393 g/mol. The third kappa shape index (κ3) is 3.77. The van der Waals surface area contributed by atoms with Crippen molar-refractivity contribution in [3.05, 3.63) is 36.5 Å². The summed E-state index contributed by atoms with van der Waals surface area (Å²) in [5.74, 6) is 0.170. The van der Waals surface area contributed by atoms with Gasteiger partial charge in [-0.05, 0) is 32.0 Å². The summed E-state index contributed by atoms with van der Waals surface area (Å²) >= 11 is 0. The molecular weight excluding hydrogens is 376 g/mol. The van der Waals surface area contributed by atoms with Crippen LogP contribution in [0.25, 0.3) is 0 Å². The van der Waals surface area contributed by atoms with Crippen LogP contribution in [0, 0.1) is 0 Å². The van der Waals surface area contributed by atoms with E-state index in [1.807, 2.05) is 13.8 Å². The van der Waals surface area contributed by atoms with Gasteiger partial charge in [-0.1, -0.05) is 0 Å². The molecule has 1 saturated heterocycles. The fraction of sp³-hybridized carbons (Fsp3) is 0.333. The van der Waals surface area contributed by atoms with E-state index in [-0.39, 0.29) is 35.9 Å². The topological polar surface area (TPSA) is 82.2 Å². The van der Waals surface area contributed by atoms with E-state index in [1.54, 1.807) is 12.1 Å². The van der Waals surface area contributed by atoms with Crippen LogP contribution in [0.15, 0.2) is 36.5 Å². The van der Waals surface area contributed by atoms with Crippen molar-refractivity contribution in [2.24, 2.45) is 0 Å². The molecule has 1 aromatic heterocycles. The number of anilines is 1. The summed E-state index contributed by atoms with van der Waals surface area (Å²) in [6.45, 7) is 4.15. The normalized spacial score (nSPS) is 19.7. The Bertz CT molecular complexity index is 922. The zero-order chi connectivity index (χ0) is 19.9. The summed E-state index contributed by atoms with van der Waals surface area (Å²) < 4.78 is 46.2. The Kier molecular flexibility index (Phi) is 4.22. The number of nitrogens with zero attached hydrogens (tertiary/aromatic N) is 2. The maximum Gasteiger partial charge on any atom is 0.586 e. The lowest BCUT2D eigenvalue weighted by atomic mass is 10.1. The SMILES string of the molecule is CC1(C)COCN(c2ccnc(Oc3ccc4c(c3)OC(F)(F)O4)c2)C(=O)N1. The number of urea groups is 1. The van der Waals surface area contributed by atoms with Gasteiger partial charge in [-0.3, -0.25) is 4.90 Å². The molecule has 2 aliphatic heterocycles. The molecule has 3 heterocycles. The fourth-order valence-electron chi connectivity index (χ4n) is 2.77. The number of pyridine rings is 1. The summed E-state index contributed by atoms with van der Waals surface area (Å²) in [5.41, 5.74) is 0.0136. The van der Waals surface area contributed by atoms with E-state index in [0.717, 1.165) is 0 Å². The first-order chi connectivity index (χ1) is 13.2. The highest BCUT2D eigenvalue weighted by Gasteiger charge is 2.43. The average molecular weight is 393 g/mol. The molecule has 4 rings (SSSR count). The van der Waals surface area contributed by atoms with E-state index in [2.05, 4.69) is 19.8 Å². The van der Waals surface area contributed by atoms with Crippen LogP contribution in [0.2, 0.25) is 0 Å². The van der Waals surface area contributed by atoms with E-state index in [0.29, 0.717) is 12.3 Å². The number of alkyl halides is 2. The molecule has 2 aliphatic rings. The van der Waals surface area contributed by atoms with Crippen LogP contribution >= 0.6 is 0 Å². The summed E-state index contributed by atoms with van der Waals surface area (Å²) in [6, 6.07) is 6.89. The quantitative estimate of drug-likeness (QED) is 0.860. The molecule has 0 aliphatic carbocycles. The number of carbonyl (C=O) groups is 1. The molecule has 28 heavy (non-hydrogen) atoms. The van der Waals surface area contributed by atoms with Crippen LogP contribution in [0.5, 0.6) is 23.1 Å². The number of hydrogen-bond donors (Lipinski definition) is 1. The van der Waals surface area contributed by atoms with Crippen LogP contribution in [-0.4, -0.2) is 36.2 Å². The van der Waals surface area contributed by atoms with Crippen LogP contribution in [0.4, 0.5) is 19.3 Å². The molecule has 2 amide bonds.